The van der Waals surface area contributed by atoms with Gasteiger partial charge in [-0.25, -0.2) is 4.79 Å². The van der Waals surface area contributed by atoms with Gasteiger partial charge in [0.1, 0.15) is 5.60 Å². The van der Waals surface area contributed by atoms with Gasteiger partial charge in [0.2, 0.25) is 5.79 Å². The highest BCUT2D eigenvalue weighted by Crippen LogP contribution is 2.70. The molecule has 2 aliphatic carbocycles. The lowest BCUT2D eigenvalue weighted by molar-refractivity contribution is -0.217. The first kappa shape index (κ1) is 12.8. The van der Waals surface area contributed by atoms with Crippen molar-refractivity contribution in [2.75, 3.05) is 7.11 Å². The van der Waals surface area contributed by atoms with Gasteiger partial charge < -0.3 is 14.2 Å². The highest BCUT2D eigenvalue weighted by atomic mass is 16.7. The molecule has 20 heavy (non-hydrogen) atoms. The Morgan fingerprint density at radius 2 is 2.10 bits per heavy atom. The Morgan fingerprint density at radius 1 is 1.35 bits per heavy atom. The van der Waals surface area contributed by atoms with Gasteiger partial charge in [0, 0.05) is 30.1 Å². The number of carbonyl (C=O) groups is 1. The third kappa shape index (κ3) is 1.19. The van der Waals surface area contributed by atoms with Gasteiger partial charge in [0.25, 0.3) is 0 Å². The van der Waals surface area contributed by atoms with Crippen molar-refractivity contribution >= 4 is 5.97 Å². The molecule has 2 saturated carbocycles. The summed E-state index contributed by atoms with van der Waals surface area (Å²) in [4.78, 5) is 12.0. The molecule has 4 rings (SSSR count). The maximum atomic E-state index is 12.0. The second-order valence-corrected chi connectivity index (χ2v) is 7.20. The van der Waals surface area contributed by atoms with Gasteiger partial charge in [0.15, 0.2) is 0 Å². The third-order valence-electron chi connectivity index (χ3n) is 6.58. The summed E-state index contributed by atoms with van der Waals surface area (Å²) in [6.07, 6.45) is 4.13. The lowest BCUT2D eigenvalue weighted by Crippen LogP contribution is -2.57. The Hall–Kier alpha value is -0.870. The van der Waals surface area contributed by atoms with Crippen molar-refractivity contribution in [3.63, 3.8) is 0 Å². The minimum atomic E-state index is -0.869. The summed E-state index contributed by atoms with van der Waals surface area (Å²) in [5.74, 6) is -0.510. The number of methoxy groups -OCH3 is 1. The van der Waals surface area contributed by atoms with E-state index in [-0.39, 0.29) is 17.0 Å². The van der Waals surface area contributed by atoms with Gasteiger partial charge in [-0.1, -0.05) is 13.8 Å². The molecule has 0 radical (unpaired) electrons. The molecule has 5 atom stereocenters. The summed E-state index contributed by atoms with van der Waals surface area (Å²) in [5, 5.41) is 0. The zero-order chi connectivity index (χ0) is 14.3. The predicted octanol–water partition coefficient (Wildman–Crippen LogP) is 2.57. The highest BCUT2D eigenvalue weighted by Gasteiger charge is 2.76. The fraction of sp³-hybridized carbons (Fsp3) is 0.812. The van der Waals surface area contributed by atoms with Crippen LogP contribution in [0, 0.1) is 11.3 Å². The highest BCUT2D eigenvalue weighted by molar-refractivity contribution is 5.92. The summed E-state index contributed by atoms with van der Waals surface area (Å²) in [6, 6.07) is 0. The Labute approximate surface area is 119 Å². The van der Waals surface area contributed by atoms with Crippen molar-refractivity contribution in [1.29, 1.82) is 0 Å². The molecule has 0 aromatic carbocycles. The third-order valence-corrected chi connectivity index (χ3v) is 6.58. The van der Waals surface area contributed by atoms with E-state index >= 15 is 0 Å². The minimum Gasteiger partial charge on any atom is -0.425 e. The number of ether oxygens (including phenoxy) is 3. The Balaban J connectivity index is 1.84. The first-order chi connectivity index (χ1) is 9.38. The second kappa shape index (κ2) is 3.47. The van der Waals surface area contributed by atoms with Crippen LogP contribution < -0.4 is 0 Å². The quantitative estimate of drug-likeness (QED) is 0.546. The van der Waals surface area contributed by atoms with Crippen LogP contribution in [0.1, 0.15) is 46.5 Å². The molecule has 0 aromatic heterocycles. The van der Waals surface area contributed by atoms with E-state index < -0.39 is 5.79 Å². The van der Waals surface area contributed by atoms with Gasteiger partial charge >= 0.3 is 5.97 Å². The number of epoxide rings is 1. The van der Waals surface area contributed by atoms with Crippen LogP contribution in [-0.2, 0) is 19.0 Å². The fourth-order valence-corrected chi connectivity index (χ4v) is 4.89. The van der Waals surface area contributed by atoms with Crippen molar-refractivity contribution in [1.82, 2.24) is 0 Å². The van der Waals surface area contributed by atoms with Gasteiger partial charge in [-0.05, 0) is 32.1 Å². The SMILES string of the molecule is CO[C@@]12C[C@@]34O[C@@H]3CC[C@H](C)[C@@]4(C)CC1=C(C)C(=O)O2. The molecule has 2 aliphatic heterocycles. The molecule has 3 fully saturated rings. The maximum absolute atomic E-state index is 12.0. The molecule has 0 amide bonds. The molecule has 1 saturated heterocycles. The van der Waals surface area contributed by atoms with Gasteiger partial charge in [0.05, 0.1) is 6.10 Å². The maximum Gasteiger partial charge on any atom is 0.336 e. The van der Waals surface area contributed by atoms with E-state index in [2.05, 4.69) is 13.8 Å². The summed E-state index contributed by atoms with van der Waals surface area (Å²) in [5.41, 5.74) is 1.71. The molecule has 2 heterocycles. The molecule has 4 heteroatoms. The average molecular weight is 278 g/mol. The molecule has 1 spiro atoms. The van der Waals surface area contributed by atoms with E-state index in [9.17, 15) is 4.79 Å². The van der Waals surface area contributed by atoms with Crippen LogP contribution >= 0.6 is 0 Å². The number of hydrogen-bond donors (Lipinski definition) is 0. The molecular formula is C16H22O4. The van der Waals surface area contributed by atoms with Crippen molar-refractivity contribution in [2.45, 2.75) is 63.9 Å². The Bertz CT molecular complexity index is 539. The van der Waals surface area contributed by atoms with Gasteiger partial charge in [-0.3, -0.25) is 0 Å². The Kier molecular flexibility index (Phi) is 2.23. The lowest BCUT2D eigenvalue weighted by Gasteiger charge is -2.52. The summed E-state index contributed by atoms with van der Waals surface area (Å²) < 4.78 is 17.5. The molecule has 0 bridgehead atoms. The van der Waals surface area contributed by atoms with Crippen LogP contribution in [0.15, 0.2) is 11.1 Å². The number of rotatable bonds is 1. The van der Waals surface area contributed by atoms with E-state index in [0.29, 0.717) is 18.4 Å². The van der Waals surface area contributed by atoms with Crippen LogP contribution in [0.5, 0.6) is 0 Å². The number of hydrogen-bond acceptors (Lipinski definition) is 4. The van der Waals surface area contributed by atoms with Crippen molar-refractivity contribution in [2.24, 2.45) is 11.3 Å². The van der Waals surface area contributed by atoms with E-state index in [4.69, 9.17) is 14.2 Å². The van der Waals surface area contributed by atoms with E-state index in [0.717, 1.165) is 24.0 Å². The molecule has 110 valence electrons. The molecule has 4 nitrogen and oxygen atoms in total. The molecule has 0 unspecified atom stereocenters. The molecule has 0 aromatic rings. The van der Waals surface area contributed by atoms with E-state index in [1.54, 1.807) is 7.11 Å². The molecular weight excluding hydrogens is 256 g/mol. The first-order valence-corrected chi connectivity index (χ1v) is 7.55. The zero-order valence-electron chi connectivity index (χ0n) is 12.6. The largest absolute Gasteiger partial charge is 0.425 e. The topological polar surface area (TPSA) is 48.1 Å². The molecule has 0 N–H and O–H groups in total. The van der Waals surface area contributed by atoms with Gasteiger partial charge in [-0.2, -0.15) is 0 Å². The number of fused-ring (bicyclic) bond motifs is 1. The monoisotopic (exact) mass is 278 g/mol. The van der Waals surface area contributed by atoms with E-state index in [1.807, 2.05) is 6.92 Å². The van der Waals surface area contributed by atoms with Crippen LogP contribution in [0.25, 0.3) is 0 Å². The average Bonchev–Trinajstić information content (AvgIpc) is 3.07. The summed E-state index contributed by atoms with van der Waals surface area (Å²) in [6.45, 7) is 6.49. The zero-order valence-corrected chi connectivity index (χ0v) is 12.6. The smallest absolute Gasteiger partial charge is 0.336 e. The van der Waals surface area contributed by atoms with Crippen LogP contribution in [0.4, 0.5) is 0 Å². The standard InChI is InChI=1S/C16H22O4/c1-9-5-6-12-15(19-12)8-16(18-4)11(7-14(9,15)3)10(2)13(17)20-16/h9,12H,5-8H2,1-4H3/t9-,12+,14+,15+,16+/m0/s1. The fourth-order valence-electron chi connectivity index (χ4n) is 4.89. The van der Waals surface area contributed by atoms with Crippen molar-refractivity contribution < 1.29 is 19.0 Å². The van der Waals surface area contributed by atoms with Crippen molar-refractivity contribution in [3.05, 3.63) is 11.1 Å². The summed E-state index contributed by atoms with van der Waals surface area (Å²) in [7, 11) is 1.63. The van der Waals surface area contributed by atoms with Crippen LogP contribution in [0.3, 0.4) is 0 Å². The minimum absolute atomic E-state index is 0.0858. The van der Waals surface area contributed by atoms with Crippen LogP contribution in [0.2, 0.25) is 0 Å². The van der Waals surface area contributed by atoms with Gasteiger partial charge in [-0.15, -0.1) is 0 Å². The predicted molar refractivity (Wildman–Crippen MR) is 71.9 cm³/mol. The van der Waals surface area contributed by atoms with E-state index in [1.165, 1.54) is 6.42 Å². The summed E-state index contributed by atoms with van der Waals surface area (Å²) >= 11 is 0. The number of carbonyl (C=O) groups excluding carboxylic acids is 1. The second-order valence-electron chi connectivity index (χ2n) is 7.20. The normalized spacial score (nSPS) is 53.1. The Morgan fingerprint density at radius 3 is 2.80 bits per heavy atom. The number of esters is 1. The van der Waals surface area contributed by atoms with Crippen molar-refractivity contribution in [3.8, 4) is 0 Å². The lowest BCUT2D eigenvalue weighted by atomic mass is 9.53. The molecule has 4 aliphatic rings. The first-order valence-electron chi connectivity index (χ1n) is 7.55. The van der Waals surface area contributed by atoms with Crippen LogP contribution in [-0.4, -0.2) is 30.6 Å².